The molecule has 2 rings (SSSR count). The van der Waals surface area contributed by atoms with Crippen LogP contribution in [0.15, 0.2) is 29.2 Å². The summed E-state index contributed by atoms with van der Waals surface area (Å²) in [5, 5.41) is 0.222. The Morgan fingerprint density at radius 3 is 2.33 bits per heavy atom. The van der Waals surface area contributed by atoms with Crippen LogP contribution in [0.1, 0.15) is 52.5 Å². The molecule has 0 aliphatic heterocycles. The zero-order valence-corrected chi connectivity index (χ0v) is 14.6. The molecule has 2 nitrogen and oxygen atoms in total. The fraction of sp³-hybridized carbons (Fsp3) is 0.667. The van der Waals surface area contributed by atoms with Gasteiger partial charge in [-0.05, 0) is 54.3 Å². The third-order valence-electron chi connectivity index (χ3n) is 4.72. The van der Waals surface area contributed by atoms with Gasteiger partial charge in [-0.2, -0.15) is 0 Å². The van der Waals surface area contributed by atoms with E-state index in [4.69, 9.17) is 5.73 Å². The van der Waals surface area contributed by atoms with Crippen LogP contribution in [0.4, 0.5) is 0 Å². The normalized spacial score (nSPS) is 28.3. The van der Waals surface area contributed by atoms with Crippen LogP contribution >= 0.6 is 0 Å². The van der Waals surface area contributed by atoms with Crippen molar-refractivity contribution in [2.75, 3.05) is 6.54 Å². The van der Waals surface area contributed by atoms with Crippen molar-refractivity contribution in [3.05, 3.63) is 29.8 Å². The second-order valence-corrected chi connectivity index (χ2v) is 9.20. The number of benzene rings is 1. The molecule has 4 unspecified atom stereocenters. The Labute approximate surface area is 132 Å². The average Bonchev–Trinajstić information content (AvgIpc) is 2.45. The lowest BCUT2D eigenvalue weighted by molar-refractivity contribution is 0.302. The van der Waals surface area contributed by atoms with Gasteiger partial charge in [-0.25, -0.2) is 0 Å². The number of hydrogen-bond donors (Lipinski definition) is 1. The smallest absolute Gasteiger partial charge is 0.0564 e. The standard InChI is InChI=1S/C18H29NOS/c1-13-5-6-14(12-19)17(11-13)21(20)16-9-7-15(8-10-16)18(2,3)4/h7-10,13-14,17H,5-6,11-12,19H2,1-4H3. The van der Waals surface area contributed by atoms with Crippen LogP contribution < -0.4 is 5.73 Å². The van der Waals surface area contributed by atoms with Gasteiger partial charge in [0.15, 0.2) is 0 Å². The Bertz CT molecular complexity index is 489. The zero-order chi connectivity index (χ0) is 15.6. The van der Waals surface area contributed by atoms with Gasteiger partial charge in [-0.1, -0.05) is 46.2 Å². The van der Waals surface area contributed by atoms with E-state index in [1.807, 2.05) is 12.1 Å². The summed E-state index contributed by atoms with van der Waals surface area (Å²) in [6.45, 7) is 9.52. The van der Waals surface area contributed by atoms with Gasteiger partial charge in [0.1, 0.15) is 0 Å². The molecule has 4 atom stereocenters. The van der Waals surface area contributed by atoms with Gasteiger partial charge in [-0.3, -0.25) is 4.21 Å². The summed E-state index contributed by atoms with van der Waals surface area (Å²) in [6, 6.07) is 8.33. The van der Waals surface area contributed by atoms with Crippen molar-refractivity contribution in [1.29, 1.82) is 0 Å². The molecule has 3 heteroatoms. The summed E-state index contributed by atoms with van der Waals surface area (Å²) in [6.07, 6.45) is 3.38. The second kappa shape index (κ2) is 6.62. The molecule has 1 fully saturated rings. The highest BCUT2D eigenvalue weighted by molar-refractivity contribution is 7.85. The molecule has 1 aromatic rings. The first-order chi connectivity index (χ1) is 9.82. The molecule has 0 amide bonds. The van der Waals surface area contributed by atoms with Crippen molar-refractivity contribution in [2.24, 2.45) is 17.6 Å². The maximum absolute atomic E-state index is 12.9. The van der Waals surface area contributed by atoms with Gasteiger partial charge >= 0.3 is 0 Å². The number of rotatable bonds is 3. The molecular formula is C18H29NOS. The Morgan fingerprint density at radius 1 is 1.19 bits per heavy atom. The zero-order valence-electron chi connectivity index (χ0n) is 13.8. The fourth-order valence-corrected chi connectivity index (χ4v) is 5.04. The molecule has 0 spiro atoms. The summed E-state index contributed by atoms with van der Waals surface area (Å²) in [5.74, 6) is 1.07. The van der Waals surface area contributed by atoms with Gasteiger partial charge in [0.25, 0.3) is 0 Å². The lowest BCUT2D eigenvalue weighted by Crippen LogP contribution is -2.36. The van der Waals surface area contributed by atoms with Crippen LogP contribution in [-0.4, -0.2) is 16.0 Å². The van der Waals surface area contributed by atoms with Gasteiger partial charge < -0.3 is 5.73 Å². The Kier molecular flexibility index (Phi) is 5.26. The molecule has 0 aromatic heterocycles. The van der Waals surface area contributed by atoms with Crippen molar-refractivity contribution in [1.82, 2.24) is 0 Å². The number of nitrogens with two attached hydrogens (primary N) is 1. The maximum Gasteiger partial charge on any atom is 0.0564 e. The van der Waals surface area contributed by atoms with E-state index >= 15 is 0 Å². The topological polar surface area (TPSA) is 43.1 Å². The molecule has 21 heavy (non-hydrogen) atoms. The largest absolute Gasteiger partial charge is 0.330 e. The Balaban J connectivity index is 2.18. The van der Waals surface area contributed by atoms with Gasteiger partial charge in [0, 0.05) is 10.1 Å². The van der Waals surface area contributed by atoms with Crippen LogP contribution in [0, 0.1) is 11.8 Å². The van der Waals surface area contributed by atoms with Crippen molar-refractivity contribution in [3.63, 3.8) is 0 Å². The van der Waals surface area contributed by atoms with Crippen LogP contribution in [0.5, 0.6) is 0 Å². The van der Waals surface area contributed by atoms with Crippen LogP contribution in [0.2, 0.25) is 0 Å². The van der Waals surface area contributed by atoms with E-state index < -0.39 is 10.8 Å². The molecule has 0 heterocycles. The van der Waals surface area contributed by atoms with E-state index in [1.165, 1.54) is 12.0 Å². The van der Waals surface area contributed by atoms with Crippen molar-refractivity contribution in [2.45, 2.75) is 62.5 Å². The quantitative estimate of drug-likeness (QED) is 0.921. The van der Waals surface area contributed by atoms with E-state index in [9.17, 15) is 4.21 Å². The summed E-state index contributed by atoms with van der Waals surface area (Å²) < 4.78 is 12.9. The first kappa shape index (κ1) is 16.7. The predicted octanol–water partition coefficient (Wildman–Crippen LogP) is 3.86. The third kappa shape index (κ3) is 3.95. The Morgan fingerprint density at radius 2 is 1.81 bits per heavy atom. The van der Waals surface area contributed by atoms with E-state index in [0.717, 1.165) is 17.7 Å². The van der Waals surface area contributed by atoms with E-state index in [0.29, 0.717) is 18.4 Å². The SMILES string of the molecule is CC1CCC(CN)C(S(=O)c2ccc(C(C)(C)C)cc2)C1. The minimum atomic E-state index is -0.936. The minimum Gasteiger partial charge on any atom is -0.330 e. The summed E-state index contributed by atoms with van der Waals surface area (Å²) in [5.41, 5.74) is 7.33. The van der Waals surface area contributed by atoms with Crippen LogP contribution in [-0.2, 0) is 16.2 Å². The first-order valence-electron chi connectivity index (χ1n) is 8.04. The molecule has 1 aliphatic rings. The molecule has 1 aromatic carbocycles. The van der Waals surface area contributed by atoms with Crippen molar-refractivity contribution < 1.29 is 4.21 Å². The molecule has 118 valence electrons. The van der Waals surface area contributed by atoms with E-state index in [1.54, 1.807) is 0 Å². The van der Waals surface area contributed by atoms with E-state index in [2.05, 4.69) is 39.8 Å². The van der Waals surface area contributed by atoms with Gasteiger partial charge in [0.05, 0.1) is 10.8 Å². The molecule has 1 saturated carbocycles. The minimum absolute atomic E-state index is 0.138. The van der Waals surface area contributed by atoms with Gasteiger partial charge in [0.2, 0.25) is 0 Å². The van der Waals surface area contributed by atoms with Crippen molar-refractivity contribution in [3.8, 4) is 0 Å². The summed E-state index contributed by atoms with van der Waals surface area (Å²) in [7, 11) is -0.936. The van der Waals surface area contributed by atoms with Crippen LogP contribution in [0.3, 0.4) is 0 Å². The molecule has 0 saturated heterocycles. The monoisotopic (exact) mass is 307 g/mol. The second-order valence-electron chi connectivity index (χ2n) is 7.52. The highest BCUT2D eigenvalue weighted by Gasteiger charge is 2.32. The van der Waals surface area contributed by atoms with E-state index in [-0.39, 0.29) is 10.7 Å². The highest BCUT2D eigenvalue weighted by atomic mass is 32.2. The molecule has 0 radical (unpaired) electrons. The van der Waals surface area contributed by atoms with Crippen molar-refractivity contribution >= 4 is 10.8 Å². The summed E-state index contributed by atoms with van der Waals surface area (Å²) >= 11 is 0. The Hall–Kier alpha value is -0.670. The molecule has 1 aliphatic carbocycles. The average molecular weight is 308 g/mol. The highest BCUT2D eigenvalue weighted by Crippen LogP contribution is 2.34. The van der Waals surface area contributed by atoms with Crippen LogP contribution in [0.25, 0.3) is 0 Å². The predicted molar refractivity (Wildman–Crippen MR) is 90.9 cm³/mol. The lowest BCUT2D eigenvalue weighted by Gasteiger charge is -2.33. The molecule has 0 bridgehead atoms. The molecular weight excluding hydrogens is 278 g/mol. The number of hydrogen-bond acceptors (Lipinski definition) is 2. The van der Waals surface area contributed by atoms with Gasteiger partial charge in [-0.15, -0.1) is 0 Å². The first-order valence-corrected chi connectivity index (χ1v) is 9.25. The summed E-state index contributed by atoms with van der Waals surface area (Å²) in [4.78, 5) is 0.959. The fourth-order valence-electron chi connectivity index (χ4n) is 3.19. The molecule has 2 N–H and O–H groups in total. The maximum atomic E-state index is 12.9. The third-order valence-corrected chi connectivity index (χ3v) is 6.59. The lowest BCUT2D eigenvalue weighted by atomic mass is 9.82.